The van der Waals surface area contributed by atoms with E-state index in [4.69, 9.17) is 0 Å². The molecular weight excluding hydrogens is 460 g/mol. The third kappa shape index (κ3) is 19.4. The van der Waals surface area contributed by atoms with Crippen molar-refractivity contribution >= 4 is 0 Å². The maximum absolute atomic E-state index is 2.67. The van der Waals surface area contributed by atoms with Gasteiger partial charge in [-0.05, 0) is 33.1 Å². The van der Waals surface area contributed by atoms with Crippen molar-refractivity contribution in [2.75, 3.05) is 6.54 Å². The molecule has 1 atom stereocenters. The smallest absolute Gasteiger partial charge is 0.101 e. The molecule has 1 aliphatic heterocycles. The lowest BCUT2D eigenvalue weighted by molar-refractivity contribution is 0.114. The average molecular weight is 533 g/mol. The molecule has 1 heterocycles. The first-order valence-electron chi connectivity index (χ1n) is 17.9. The van der Waals surface area contributed by atoms with Gasteiger partial charge in [0.05, 0.1) is 0 Å². The van der Waals surface area contributed by atoms with Crippen LogP contribution in [0.3, 0.4) is 0 Å². The summed E-state index contributed by atoms with van der Waals surface area (Å²) in [5, 5.41) is 0. The number of hydrogen-bond acceptors (Lipinski definition) is 2. The summed E-state index contributed by atoms with van der Waals surface area (Å²) in [5.41, 5.74) is 0. The second-order valence-electron chi connectivity index (χ2n) is 12.8. The molecule has 226 valence electrons. The Bertz CT molecular complexity index is 500. The molecule has 0 spiro atoms. The molecule has 2 heteroatoms. The molecule has 0 aromatic heterocycles. The summed E-state index contributed by atoms with van der Waals surface area (Å²) in [6.45, 7) is 10.6. The molecule has 1 rings (SSSR count). The van der Waals surface area contributed by atoms with Gasteiger partial charge in [0.15, 0.2) is 0 Å². The van der Waals surface area contributed by atoms with E-state index >= 15 is 0 Å². The molecule has 0 radical (unpaired) electrons. The summed E-state index contributed by atoms with van der Waals surface area (Å²) in [4.78, 5) is 5.28. The minimum atomic E-state index is 0.606. The van der Waals surface area contributed by atoms with Crippen molar-refractivity contribution in [2.45, 2.75) is 213 Å². The van der Waals surface area contributed by atoms with Crippen LogP contribution in [-0.2, 0) is 0 Å². The van der Waals surface area contributed by atoms with Crippen LogP contribution in [0.5, 0.6) is 0 Å². The lowest BCUT2D eigenvalue weighted by atomic mass is 10.0. The third-order valence-electron chi connectivity index (χ3n) is 8.84. The van der Waals surface area contributed by atoms with Crippen LogP contribution in [0.2, 0.25) is 0 Å². The lowest BCUT2D eigenvalue weighted by Crippen LogP contribution is -2.42. The van der Waals surface area contributed by atoms with Crippen molar-refractivity contribution in [1.29, 1.82) is 0 Å². The summed E-state index contributed by atoms with van der Waals surface area (Å²) >= 11 is 0. The Kier molecular flexibility index (Phi) is 24.7. The van der Waals surface area contributed by atoms with Gasteiger partial charge in [-0.2, -0.15) is 0 Å². The second kappa shape index (κ2) is 26.6. The predicted octanol–water partition coefficient (Wildman–Crippen LogP) is 12.4. The Morgan fingerprint density at radius 2 is 0.789 bits per heavy atom. The molecule has 0 aliphatic carbocycles. The van der Waals surface area contributed by atoms with Crippen LogP contribution in [0.15, 0.2) is 12.4 Å². The fourth-order valence-corrected chi connectivity index (χ4v) is 6.24. The van der Waals surface area contributed by atoms with Gasteiger partial charge in [-0.1, -0.05) is 168 Å². The van der Waals surface area contributed by atoms with E-state index in [0.717, 1.165) is 0 Å². The van der Waals surface area contributed by atoms with E-state index in [1.807, 2.05) is 0 Å². The largest absolute Gasteiger partial charge is 0.356 e. The molecule has 0 N–H and O–H groups in total. The van der Waals surface area contributed by atoms with E-state index in [2.05, 4.69) is 49.9 Å². The number of unbranched alkanes of at least 4 members (excludes halogenated alkanes) is 24. The van der Waals surface area contributed by atoms with Crippen LogP contribution in [-0.4, -0.2) is 28.6 Å². The van der Waals surface area contributed by atoms with Crippen molar-refractivity contribution in [3.63, 3.8) is 0 Å². The van der Waals surface area contributed by atoms with E-state index in [-0.39, 0.29) is 0 Å². The van der Waals surface area contributed by atoms with Gasteiger partial charge in [0.1, 0.15) is 6.17 Å². The van der Waals surface area contributed by atoms with Crippen LogP contribution in [0, 0.1) is 0 Å². The van der Waals surface area contributed by atoms with E-state index in [9.17, 15) is 0 Å². The monoisotopic (exact) mass is 533 g/mol. The zero-order valence-corrected chi connectivity index (χ0v) is 27.0. The summed E-state index contributed by atoms with van der Waals surface area (Å²) < 4.78 is 0. The topological polar surface area (TPSA) is 6.48 Å². The normalized spacial score (nSPS) is 15.4. The van der Waals surface area contributed by atoms with Gasteiger partial charge in [0, 0.05) is 25.0 Å². The zero-order valence-electron chi connectivity index (χ0n) is 27.0. The molecule has 0 aromatic carbocycles. The quantitative estimate of drug-likeness (QED) is 0.0884. The summed E-state index contributed by atoms with van der Waals surface area (Å²) in [7, 11) is 0. The van der Waals surface area contributed by atoms with Crippen molar-refractivity contribution in [3.05, 3.63) is 12.4 Å². The van der Waals surface area contributed by atoms with Crippen LogP contribution in [0.25, 0.3) is 0 Å². The van der Waals surface area contributed by atoms with E-state index < -0.39 is 0 Å². The van der Waals surface area contributed by atoms with Crippen molar-refractivity contribution in [3.8, 4) is 0 Å². The second-order valence-corrected chi connectivity index (χ2v) is 12.8. The number of hydrogen-bond donors (Lipinski definition) is 0. The Morgan fingerprint density at radius 1 is 0.447 bits per heavy atom. The first-order chi connectivity index (χ1) is 18.7. The van der Waals surface area contributed by atoms with Gasteiger partial charge in [-0.3, -0.25) is 0 Å². The summed E-state index contributed by atoms with van der Waals surface area (Å²) in [5.74, 6) is 0. The molecular formula is C36H72N2. The Hall–Kier alpha value is -0.660. The van der Waals surface area contributed by atoms with Crippen LogP contribution in [0.1, 0.15) is 201 Å². The van der Waals surface area contributed by atoms with Crippen LogP contribution >= 0.6 is 0 Å². The molecule has 2 nitrogen and oxygen atoms in total. The minimum absolute atomic E-state index is 0.606. The number of rotatable bonds is 29. The number of nitrogens with zero attached hydrogens (tertiary/aromatic N) is 2. The Morgan fingerprint density at radius 3 is 1.16 bits per heavy atom. The fraction of sp³-hybridized carbons (Fsp3) is 0.944. The van der Waals surface area contributed by atoms with Gasteiger partial charge >= 0.3 is 0 Å². The Labute approximate surface area is 241 Å². The minimum Gasteiger partial charge on any atom is -0.356 e. The van der Waals surface area contributed by atoms with Crippen molar-refractivity contribution < 1.29 is 0 Å². The lowest BCUT2D eigenvalue weighted by Gasteiger charge is -2.35. The average Bonchev–Trinajstić information content (AvgIpc) is 3.32. The van der Waals surface area contributed by atoms with Gasteiger partial charge in [0.25, 0.3) is 0 Å². The van der Waals surface area contributed by atoms with Crippen molar-refractivity contribution in [1.82, 2.24) is 9.80 Å². The van der Waals surface area contributed by atoms with E-state index in [1.54, 1.807) is 0 Å². The molecule has 0 amide bonds. The zero-order chi connectivity index (χ0) is 27.5. The molecule has 0 fully saturated rings. The standard InChI is InChI=1S/C36H72N2/c1-5-7-9-11-13-15-17-19-21-23-25-27-29-31-36-37(33-34-38(36)35(3)4)32-30-28-26-24-22-20-18-16-14-12-10-8-6-2/h33-36H,5-32H2,1-4H3. The fourth-order valence-electron chi connectivity index (χ4n) is 6.24. The predicted molar refractivity (Wildman–Crippen MR) is 173 cm³/mol. The highest BCUT2D eigenvalue weighted by Gasteiger charge is 2.26. The molecule has 1 unspecified atom stereocenters. The highest BCUT2D eigenvalue weighted by Crippen LogP contribution is 2.25. The highest BCUT2D eigenvalue weighted by molar-refractivity contribution is 4.98. The maximum atomic E-state index is 2.67. The molecule has 0 bridgehead atoms. The van der Waals surface area contributed by atoms with Crippen LogP contribution < -0.4 is 0 Å². The maximum Gasteiger partial charge on any atom is 0.101 e. The van der Waals surface area contributed by atoms with E-state index in [0.29, 0.717) is 12.2 Å². The molecule has 1 aliphatic rings. The highest BCUT2D eigenvalue weighted by atomic mass is 15.4. The van der Waals surface area contributed by atoms with Crippen LogP contribution in [0.4, 0.5) is 0 Å². The van der Waals surface area contributed by atoms with Gasteiger partial charge < -0.3 is 9.80 Å². The molecule has 38 heavy (non-hydrogen) atoms. The first-order valence-corrected chi connectivity index (χ1v) is 17.9. The summed E-state index contributed by atoms with van der Waals surface area (Å²) in [6.07, 6.45) is 44.2. The summed E-state index contributed by atoms with van der Waals surface area (Å²) in [6, 6.07) is 0.606. The molecule has 0 saturated heterocycles. The van der Waals surface area contributed by atoms with Gasteiger partial charge in [-0.15, -0.1) is 0 Å². The molecule has 0 aromatic rings. The molecule has 0 saturated carbocycles. The van der Waals surface area contributed by atoms with E-state index in [1.165, 1.54) is 180 Å². The van der Waals surface area contributed by atoms with Gasteiger partial charge in [-0.25, -0.2) is 0 Å². The third-order valence-corrected chi connectivity index (χ3v) is 8.84. The van der Waals surface area contributed by atoms with Gasteiger partial charge in [0.2, 0.25) is 0 Å². The first kappa shape index (κ1) is 35.4. The SMILES string of the molecule is CCCCCCCCCCCCCCCC1N(CCCCCCCCCCCCCCC)C=CN1C(C)C. The van der Waals surface area contributed by atoms with Crippen molar-refractivity contribution in [2.24, 2.45) is 0 Å². The Balaban J connectivity index is 2.02.